The Morgan fingerprint density at radius 1 is 1.31 bits per heavy atom. The zero-order chi connectivity index (χ0) is 9.68. The molecule has 0 fully saturated rings. The smallest absolute Gasteiger partial charge is 0.0462 e. The Morgan fingerprint density at radius 3 is 2.38 bits per heavy atom. The van der Waals surface area contributed by atoms with Crippen LogP contribution in [0.3, 0.4) is 0 Å². The monoisotopic (exact) mass is 171 g/mol. The van der Waals surface area contributed by atoms with Crippen LogP contribution in [0.25, 0.3) is 0 Å². The van der Waals surface area contributed by atoms with Crippen molar-refractivity contribution in [1.29, 1.82) is 0 Å². The number of hydrogen-bond acceptors (Lipinski definition) is 0. The van der Waals surface area contributed by atoms with Gasteiger partial charge in [-0.05, 0) is 25.3 Å². The lowest BCUT2D eigenvalue weighted by atomic mass is 9.95. The fraction of sp³-hybridized carbons (Fsp3) is 0.385. The fourth-order valence-electron chi connectivity index (χ4n) is 1.41. The second kappa shape index (κ2) is 4.72. The van der Waals surface area contributed by atoms with Gasteiger partial charge < -0.3 is 0 Å². The van der Waals surface area contributed by atoms with Crippen LogP contribution >= 0.6 is 0 Å². The normalized spacial score (nSPS) is 12.1. The molecule has 0 bridgehead atoms. The first-order valence-corrected chi connectivity index (χ1v) is 4.76. The lowest BCUT2D eigenvalue weighted by molar-refractivity contribution is 0.733. The third-order valence-electron chi connectivity index (χ3n) is 2.23. The van der Waals surface area contributed by atoms with E-state index in [0.29, 0.717) is 0 Å². The maximum absolute atomic E-state index is 7.20. The molecule has 0 heterocycles. The maximum atomic E-state index is 7.20. The van der Waals surface area contributed by atoms with Gasteiger partial charge in [-0.2, -0.15) is 0 Å². The molecule has 0 aliphatic rings. The van der Waals surface area contributed by atoms with Crippen molar-refractivity contribution >= 4 is 0 Å². The standard InChI is InChI=1S/C13H15/c1-4-6-12(5-2)13-9-7-11(3)8-10-13/h7-10,12H,4,6H2,1,3H3. The molecule has 1 aromatic carbocycles. The van der Waals surface area contributed by atoms with Gasteiger partial charge in [-0.1, -0.05) is 49.1 Å². The Balaban J connectivity index is 2.81. The molecule has 1 atom stereocenters. The number of aryl methyl sites for hydroxylation is 1. The van der Waals surface area contributed by atoms with Gasteiger partial charge in [0.05, 0.1) is 0 Å². The minimum atomic E-state index is 0.186. The lowest BCUT2D eigenvalue weighted by Gasteiger charge is -2.09. The van der Waals surface area contributed by atoms with Crippen LogP contribution in [0.2, 0.25) is 0 Å². The Morgan fingerprint density at radius 2 is 1.92 bits per heavy atom. The first kappa shape index (κ1) is 9.86. The van der Waals surface area contributed by atoms with Crippen LogP contribution < -0.4 is 0 Å². The molecule has 1 aromatic rings. The molecule has 0 spiro atoms. The van der Waals surface area contributed by atoms with Crippen LogP contribution in [-0.2, 0) is 0 Å². The van der Waals surface area contributed by atoms with Crippen LogP contribution in [0.4, 0.5) is 0 Å². The predicted octanol–water partition coefficient (Wildman–Crippen LogP) is 3.47. The van der Waals surface area contributed by atoms with E-state index >= 15 is 0 Å². The van der Waals surface area contributed by atoms with E-state index in [9.17, 15) is 0 Å². The minimum absolute atomic E-state index is 0.186. The van der Waals surface area contributed by atoms with Crippen LogP contribution in [0.5, 0.6) is 0 Å². The quantitative estimate of drug-likeness (QED) is 0.611. The molecule has 67 valence electrons. The first-order chi connectivity index (χ1) is 6.27. The molecular formula is C13H15. The van der Waals surface area contributed by atoms with Crippen molar-refractivity contribution < 1.29 is 0 Å². The summed E-state index contributed by atoms with van der Waals surface area (Å²) in [6.45, 7) is 4.21. The Kier molecular flexibility index (Phi) is 3.58. The van der Waals surface area contributed by atoms with Crippen molar-refractivity contribution in [1.82, 2.24) is 0 Å². The van der Waals surface area contributed by atoms with Gasteiger partial charge >= 0.3 is 0 Å². The summed E-state index contributed by atoms with van der Waals surface area (Å²) in [7, 11) is 0. The van der Waals surface area contributed by atoms with Crippen molar-refractivity contribution in [3.8, 4) is 5.92 Å². The van der Waals surface area contributed by atoms with Crippen LogP contribution in [0.1, 0.15) is 36.8 Å². The summed E-state index contributed by atoms with van der Waals surface area (Å²) in [6, 6.07) is 8.37. The van der Waals surface area contributed by atoms with E-state index in [0.717, 1.165) is 12.8 Å². The predicted molar refractivity (Wildman–Crippen MR) is 56.0 cm³/mol. The van der Waals surface area contributed by atoms with E-state index in [2.05, 4.69) is 44.0 Å². The van der Waals surface area contributed by atoms with E-state index in [-0.39, 0.29) is 5.92 Å². The van der Waals surface area contributed by atoms with Gasteiger partial charge in [0.2, 0.25) is 0 Å². The molecule has 1 rings (SSSR count). The second-order valence-electron chi connectivity index (χ2n) is 3.40. The van der Waals surface area contributed by atoms with E-state index in [1.807, 2.05) is 0 Å². The molecule has 0 aromatic heterocycles. The van der Waals surface area contributed by atoms with E-state index in [1.165, 1.54) is 11.1 Å². The number of rotatable bonds is 3. The molecule has 0 nitrogen and oxygen atoms in total. The van der Waals surface area contributed by atoms with E-state index < -0.39 is 0 Å². The third kappa shape index (κ3) is 2.63. The van der Waals surface area contributed by atoms with Gasteiger partial charge in [0, 0.05) is 5.92 Å². The maximum Gasteiger partial charge on any atom is 0.0462 e. The molecule has 0 aliphatic heterocycles. The van der Waals surface area contributed by atoms with Crippen LogP contribution in [0.15, 0.2) is 24.3 Å². The average Bonchev–Trinajstić information content (AvgIpc) is 2.16. The Bertz CT molecular complexity index is 287. The highest BCUT2D eigenvalue weighted by Crippen LogP contribution is 2.20. The summed E-state index contributed by atoms with van der Waals surface area (Å²) in [5, 5.41) is 0. The largest absolute Gasteiger partial charge is 0.0809 e. The molecular weight excluding hydrogens is 156 g/mol. The van der Waals surface area contributed by atoms with Gasteiger partial charge in [0.1, 0.15) is 0 Å². The molecule has 0 heteroatoms. The summed E-state index contributed by atoms with van der Waals surface area (Å²) < 4.78 is 0. The summed E-state index contributed by atoms with van der Waals surface area (Å²) in [5.74, 6) is 2.77. The van der Waals surface area contributed by atoms with Gasteiger partial charge in [0.15, 0.2) is 0 Å². The Labute approximate surface area is 81.0 Å². The van der Waals surface area contributed by atoms with Crippen molar-refractivity contribution in [3.63, 3.8) is 0 Å². The molecule has 0 amide bonds. The highest BCUT2D eigenvalue weighted by molar-refractivity contribution is 5.28. The third-order valence-corrected chi connectivity index (χ3v) is 2.23. The summed E-state index contributed by atoms with van der Waals surface area (Å²) >= 11 is 0. The van der Waals surface area contributed by atoms with Crippen molar-refractivity contribution in [3.05, 3.63) is 41.8 Å². The molecule has 0 N–H and O–H groups in total. The first-order valence-electron chi connectivity index (χ1n) is 4.76. The molecule has 0 aliphatic carbocycles. The van der Waals surface area contributed by atoms with Gasteiger partial charge in [0.25, 0.3) is 0 Å². The Hall–Kier alpha value is -1.22. The molecule has 1 unspecified atom stereocenters. The highest BCUT2D eigenvalue weighted by atomic mass is 14.1. The van der Waals surface area contributed by atoms with Crippen molar-refractivity contribution in [2.45, 2.75) is 32.6 Å². The summed E-state index contributed by atoms with van der Waals surface area (Å²) in [4.78, 5) is 0. The van der Waals surface area contributed by atoms with E-state index in [4.69, 9.17) is 6.42 Å². The zero-order valence-electron chi connectivity index (χ0n) is 8.30. The highest BCUT2D eigenvalue weighted by Gasteiger charge is 2.05. The van der Waals surface area contributed by atoms with Crippen molar-refractivity contribution in [2.75, 3.05) is 0 Å². The molecule has 1 radical (unpaired) electrons. The zero-order valence-corrected chi connectivity index (χ0v) is 8.30. The summed E-state index contributed by atoms with van der Waals surface area (Å²) in [5.41, 5.74) is 2.48. The SMILES string of the molecule is [C]#CC(CCC)c1ccc(C)cc1. The van der Waals surface area contributed by atoms with Crippen LogP contribution in [0, 0.1) is 19.3 Å². The minimum Gasteiger partial charge on any atom is -0.0809 e. The molecule has 13 heavy (non-hydrogen) atoms. The van der Waals surface area contributed by atoms with E-state index in [1.54, 1.807) is 0 Å². The fourth-order valence-corrected chi connectivity index (χ4v) is 1.41. The van der Waals surface area contributed by atoms with Gasteiger partial charge in [-0.15, -0.1) is 0 Å². The van der Waals surface area contributed by atoms with Crippen LogP contribution in [-0.4, -0.2) is 0 Å². The second-order valence-corrected chi connectivity index (χ2v) is 3.40. The number of benzene rings is 1. The van der Waals surface area contributed by atoms with Gasteiger partial charge in [-0.3, -0.25) is 0 Å². The molecule has 0 saturated carbocycles. The van der Waals surface area contributed by atoms with Gasteiger partial charge in [-0.25, -0.2) is 0 Å². The summed E-state index contributed by atoms with van der Waals surface area (Å²) in [6.07, 6.45) is 9.33. The average molecular weight is 171 g/mol. The van der Waals surface area contributed by atoms with Crippen molar-refractivity contribution in [2.24, 2.45) is 0 Å². The molecule has 0 saturated heterocycles. The number of hydrogen-bond donors (Lipinski definition) is 0. The lowest BCUT2D eigenvalue weighted by Crippen LogP contribution is -1.94. The topological polar surface area (TPSA) is 0 Å².